The molecule has 5 heteroatoms. The number of halogens is 2. The van der Waals surface area contributed by atoms with Gasteiger partial charge in [-0.15, -0.1) is 0 Å². The van der Waals surface area contributed by atoms with Crippen LogP contribution in [0.4, 0.5) is 4.39 Å². The van der Waals surface area contributed by atoms with Crippen molar-refractivity contribution >= 4 is 21.9 Å². The zero-order valence-corrected chi connectivity index (χ0v) is 13.4. The van der Waals surface area contributed by atoms with Gasteiger partial charge in [-0.25, -0.2) is 4.39 Å². The SMILES string of the molecule is O=C(O)[C@@H]1C[C@@H]2CCCC[C@@H]2N1Cc1ccc(Br)c(F)c1. The first-order chi connectivity index (χ1) is 10.1. The van der Waals surface area contributed by atoms with Crippen molar-refractivity contribution in [1.29, 1.82) is 0 Å². The van der Waals surface area contributed by atoms with E-state index in [1.165, 1.54) is 18.9 Å². The molecule has 1 N–H and O–H groups in total. The van der Waals surface area contributed by atoms with Gasteiger partial charge in [0.05, 0.1) is 4.47 Å². The van der Waals surface area contributed by atoms with E-state index in [1.54, 1.807) is 6.07 Å². The molecule has 1 aromatic carbocycles. The lowest BCUT2D eigenvalue weighted by Gasteiger charge is -2.33. The lowest BCUT2D eigenvalue weighted by Crippen LogP contribution is -2.41. The number of hydrogen-bond acceptors (Lipinski definition) is 2. The van der Waals surface area contributed by atoms with E-state index in [-0.39, 0.29) is 5.82 Å². The highest BCUT2D eigenvalue weighted by Crippen LogP contribution is 2.40. The molecule has 1 aliphatic heterocycles. The van der Waals surface area contributed by atoms with Gasteiger partial charge in [0.15, 0.2) is 0 Å². The zero-order valence-electron chi connectivity index (χ0n) is 11.8. The van der Waals surface area contributed by atoms with Crippen molar-refractivity contribution in [3.63, 3.8) is 0 Å². The maximum Gasteiger partial charge on any atom is 0.320 e. The molecule has 1 aromatic rings. The Morgan fingerprint density at radius 1 is 1.38 bits per heavy atom. The highest BCUT2D eigenvalue weighted by molar-refractivity contribution is 9.10. The summed E-state index contributed by atoms with van der Waals surface area (Å²) in [6.45, 7) is 0.516. The van der Waals surface area contributed by atoms with Gasteiger partial charge in [0.25, 0.3) is 0 Å². The zero-order chi connectivity index (χ0) is 15.0. The summed E-state index contributed by atoms with van der Waals surface area (Å²) in [5.41, 5.74) is 0.841. The molecule has 0 amide bonds. The van der Waals surface area contributed by atoms with Gasteiger partial charge in [0, 0.05) is 12.6 Å². The molecule has 3 nitrogen and oxygen atoms in total. The van der Waals surface area contributed by atoms with Crippen LogP contribution in [0.3, 0.4) is 0 Å². The standard InChI is InChI=1S/C16H19BrFNO2/c17-12-6-5-10(7-13(12)18)9-19-14-4-2-1-3-11(14)8-15(19)16(20)21/h5-7,11,14-15H,1-4,8-9H2,(H,20,21)/t11-,14-,15-/m0/s1. The fourth-order valence-electron chi connectivity index (χ4n) is 3.87. The van der Waals surface area contributed by atoms with Crippen LogP contribution in [-0.2, 0) is 11.3 Å². The lowest BCUT2D eigenvalue weighted by molar-refractivity contribution is -0.142. The summed E-state index contributed by atoms with van der Waals surface area (Å²) in [5.74, 6) is -0.555. The Hall–Kier alpha value is -0.940. The molecule has 1 saturated carbocycles. The van der Waals surface area contributed by atoms with Gasteiger partial charge in [-0.3, -0.25) is 9.69 Å². The number of carbonyl (C=O) groups is 1. The van der Waals surface area contributed by atoms with Crippen LogP contribution in [0.25, 0.3) is 0 Å². The Morgan fingerprint density at radius 2 is 2.14 bits per heavy atom. The molecule has 1 heterocycles. The van der Waals surface area contributed by atoms with E-state index in [0.29, 0.717) is 23.0 Å². The van der Waals surface area contributed by atoms with E-state index in [1.807, 2.05) is 6.07 Å². The van der Waals surface area contributed by atoms with Gasteiger partial charge in [-0.1, -0.05) is 18.9 Å². The minimum absolute atomic E-state index is 0.293. The predicted octanol–water partition coefficient (Wildman–Crippen LogP) is 3.81. The summed E-state index contributed by atoms with van der Waals surface area (Å²) in [6, 6.07) is 4.97. The van der Waals surface area contributed by atoms with Crippen molar-refractivity contribution in [2.24, 2.45) is 5.92 Å². The van der Waals surface area contributed by atoms with E-state index >= 15 is 0 Å². The van der Waals surface area contributed by atoms with Crippen LogP contribution >= 0.6 is 15.9 Å². The number of aliphatic carboxylic acids is 1. The highest BCUT2D eigenvalue weighted by Gasteiger charge is 2.44. The molecular weight excluding hydrogens is 337 g/mol. The van der Waals surface area contributed by atoms with Crippen LogP contribution in [0.1, 0.15) is 37.7 Å². The van der Waals surface area contributed by atoms with Gasteiger partial charge in [0.2, 0.25) is 0 Å². The molecule has 2 fully saturated rings. The molecule has 3 atom stereocenters. The van der Waals surface area contributed by atoms with Crippen LogP contribution in [0.15, 0.2) is 22.7 Å². The number of likely N-dealkylation sites (tertiary alicyclic amines) is 1. The summed E-state index contributed by atoms with van der Waals surface area (Å²) >= 11 is 3.15. The molecule has 2 aliphatic rings. The molecule has 3 rings (SSSR count). The van der Waals surface area contributed by atoms with Gasteiger partial charge in [-0.2, -0.15) is 0 Å². The van der Waals surface area contributed by atoms with E-state index < -0.39 is 12.0 Å². The van der Waals surface area contributed by atoms with Crippen molar-refractivity contribution in [2.75, 3.05) is 0 Å². The first kappa shape index (κ1) is 15.0. The van der Waals surface area contributed by atoms with Crippen molar-refractivity contribution < 1.29 is 14.3 Å². The van der Waals surface area contributed by atoms with Crippen LogP contribution in [0.2, 0.25) is 0 Å². The topological polar surface area (TPSA) is 40.5 Å². The number of carboxylic acids is 1. The van der Waals surface area contributed by atoms with E-state index in [0.717, 1.165) is 24.8 Å². The Labute approximate surface area is 132 Å². The van der Waals surface area contributed by atoms with Crippen molar-refractivity contribution in [1.82, 2.24) is 4.90 Å². The van der Waals surface area contributed by atoms with Crippen molar-refractivity contribution in [3.8, 4) is 0 Å². The average Bonchev–Trinajstić information content (AvgIpc) is 2.82. The third kappa shape index (κ3) is 2.99. The number of hydrogen-bond donors (Lipinski definition) is 1. The molecule has 0 aromatic heterocycles. The number of benzene rings is 1. The Bertz CT molecular complexity index is 551. The minimum Gasteiger partial charge on any atom is -0.480 e. The molecular formula is C16H19BrFNO2. The highest BCUT2D eigenvalue weighted by atomic mass is 79.9. The van der Waals surface area contributed by atoms with Crippen LogP contribution < -0.4 is 0 Å². The van der Waals surface area contributed by atoms with Gasteiger partial charge >= 0.3 is 5.97 Å². The Kier molecular flexibility index (Phi) is 4.31. The van der Waals surface area contributed by atoms with Gasteiger partial charge < -0.3 is 5.11 Å². The van der Waals surface area contributed by atoms with Gasteiger partial charge in [-0.05, 0) is 58.8 Å². The summed E-state index contributed by atoms with van der Waals surface area (Å²) in [7, 11) is 0. The van der Waals surface area contributed by atoms with E-state index in [4.69, 9.17) is 0 Å². The van der Waals surface area contributed by atoms with Crippen LogP contribution in [0, 0.1) is 11.7 Å². The predicted molar refractivity (Wildman–Crippen MR) is 81.4 cm³/mol. The molecule has 21 heavy (non-hydrogen) atoms. The maximum atomic E-state index is 13.7. The minimum atomic E-state index is -0.748. The first-order valence-electron chi connectivity index (χ1n) is 7.48. The third-order valence-electron chi connectivity index (χ3n) is 4.86. The summed E-state index contributed by atoms with van der Waals surface area (Å²) < 4.78 is 14.1. The summed E-state index contributed by atoms with van der Waals surface area (Å²) in [6.07, 6.45) is 5.29. The van der Waals surface area contributed by atoms with Crippen LogP contribution in [-0.4, -0.2) is 28.1 Å². The lowest BCUT2D eigenvalue weighted by atomic mass is 9.84. The Morgan fingerprint density at radius 3 is 2.86 bits per heavy atom. The molecule has 0 spiro atoms. The fourth-order valence-corrected chi connectivity index (χ4v) is 4.12. The van der Waals surface area contributed by atoms with E-state index in [9.17, 15) is 14.3 Å². The summed E-state index contributed by atoms with van der Waals surface area (Å²) in [4.78, 5) is 13.6. The second kappa shape index (κ2) is 6.05. The molecule has 1 aliphatic carbocycles. The molecule has 0 radical (unpaired) electrons. The van der Waals surface area contributed by atoms with Gasteiger partial charge in [0.1, 0.15) is 11.9 Å². The third-order valence-corrected chi connectivity index (χ3v) is 5.50. The Balaban J connectivity index is 1.82. The maximum absolute atomic E-state index is 13.7. The quantitative estimate of drug-likeness (QED) is 0.896. The number of carboxylic acid groups (broad SMARTS) is 1. The molecule has 1 saturated heterocycles. The smallest absolute Gasteiger partial charge is 0.320 e. The molecule has 0 bridgehead atoms. The normalized spacial score (nSPS) is 29.3. The van der Waals surface area contributed by atoms with Crippen molar-refractivity contribution in [3.05, 3.63) is 34.1 Å². The second-order valence-corrected chi connectivity index (χ2v) is 6.98. The van der Waals surface area contributed by atoms with Crippen LogP contribution in [0.5, 0.6) is 0 Å². The largest absolute Gasteiger partial charge is 0.480 e. The van der Waals surface area contributed by atoms with E-state index in [2.05, 4.69) is 20.8 Å². The summed E-state index contributed by atoms with van der Waals surface area (Å²) in [5, 5.41) is 9.48. The number of rotatable bonds is 3. The average molecular weight is 356 g/mol. The molecule has 114 valence electrons. The number of nitrogens with zero attached hydrogens (tertiary/aromatic N) is 1. The van der Waals surface area contributed by atoms with Crippen molar-refractivity contribution in [2.45, 2.75) is 50.7 Å². The first-order valence-corrected chi connectivity index (χ1v) is 8.28. The molecule has 0 unspecified atom stereocenters. The number of fused-ring (bicyclic) bond motifs is 1. The second-order valence-electron chi connectivity index (χ2n) is 6.12. The monoisotopic (exact) mass is 355 g/mol. The fraction of sp³-hybridized carbons (Fsp3) is 0.562.